The molecule has 4 aliphatic carbocycles. The predicted molar refractivity (Wildman–Crippen MR) is 129 cm³/mol. The Labute approximate surface area is 195 Å². The Morgan fingerprint density at radius 3 is 2.81 bits per heavy atom. The molecule has 2 N–H and O–H groups in total. The number of allylic oxidation sites excluding steroid dienone is 2. The van der Waals surface area contributed by atoms with Crippen LogP contribution in [0.15, 0.2) is 54.4 Å². The molecule has 4 aliphatic rings. The molecule has 3 nitrogen and oxygen atoms in total. The maximum absolute atomic E-state index is 12.3. The molecule has 0 spiro atoms. The van der Waals surface area contributed by atoms with Crippen molar-refractivity contribution in [3.05, 3.63) is 59.9 Å². The predicted octanol–water partition coefficient (Wildman–Crippen LogP) is 6.03. The molecule has 0 radical (unpaired) electrons. The number of pyridine rings is 1. The number of halogens is 1. The number of hydrogen-bond donors (Lipinski definition) is 2. The van der Waals surface area contributed by atoms with Gasteiger partial charge in [-0.2, -0.15) is 0 Å². The van der Waals surface area contributed by atoms with Gasteiger partial charge in [0.15, 0.2) is 0 Å². The number of aliphatic hydroxyl groups excluding tert-OH is 1. The van der Waals surface area contributed by atoms with Crippen LogP contribution in [-0.4, -0.2) is 31.8 Å². The van der Waals surface area contributed by atoms with Crippen LogP contribution in [0, 0.1) is 17.3 Å². The third-order valence-corrected chi connectivity index (χ3v) is 9.96. The Hall–Kier alpha value is -1.68. The van der Waals surface area contributed by atoms with Crippen molar-refractivity contribution < 1.29 is 10.2 Å². The summed E-state index contributed by atoms with van der Waals surface area (Å²) in [7, 11) is 0. The van der Waals surface area contributed by atoms with E-state index in [1.807, 2.05) is 12.4 Å². The van der Waals surface area contributed by atoms with Gasteiger partial charge < -0.3 is 10.2 Å². The van der Waals surface area contributed by atoms with E-state index >= 15 is 0 Å². The number of rotatable bonds is 1. The highest BCUT2D eigenvalue weighted by atomic mass is 35.5. The van der Waals surface area contributed by atoms with E-state index < -0.39 is 10.5 Å². The van der Waals surface area contributed by atoms with Gasteiger partial charge >= 0.3 is 0 Å². The summed E-state index contributed by atoms with van der Waals surface area (Å²) in [4.78, 5) is 3.50. The highest BCUT2D eigenvalue weighted by Crippen LogP contribution is 2.65. The lowest BCUT2D eigenvalue weighted by atomic mass is 9.54. The molecule has 0 amide bonds. The number of nitrogens with zero attached hydrogens (tertiary/aromatic N) is 1. The molecule has 2 aromatic rings. The maximum Gasteiger partial charge on any atom is 0.0918 e. The Bertz CT molecular complexity index is 1140. The zero-order valence-corrected chi connectivity index (χ0v) is 19.5. The average molecular weight is 450 g/mol. The van der Waals surface area contributed by atoms with Crippen LogP contribution in [0.5, 0.6) is 0 Å². The van der Waals surface area contributed by atoms with Gasteiger partial charge in [-0.25, -0.2) is 0 Å². The molecular formula is C28H32ClNO2. The summed E-state index contributed by atoms with van der Waals surface area (Å²) >= 11 is 7.35. The van der Waals surface area contributed by atoms with Gasteiger partial charge in [0.2, 0.25) is 0 Å². The van der Waals surface area contributed by atoms with E-state index in [2.05, 4.69) is 48.3 Å². The van der Waals surface area contributed by atoms with E-state index in [4.69, 9.17) is 11.6 Å². The van der Waals surface area contributed by atoms with Crippen molar-refractivity contribution >= 4 is 27.9 Å². The van der Waals surface area contributed by atoms with Crippen molar-refractivity contribution in [2.75, 3.05) is 0 Å². The summed E-state index contributed by atoms with van der Waals surface area (Å²) in [6.45, 7) is 2.34. The van der Waals surface area contributed by atoms with Crippen LogP contribution < -0.4 is 0 Å². The number of aromatic nitrogens is 1. The van der Waals surface area contributed by atoms with Crippen LogP contribution in [0.1, 0.15) is 63.9 Å². The van der Waals surface area contributed by atoms with Crippen LogP contribution in [0.25, 0.3) is 16.3 Å². The molecule has 5 unspecified atom stereocenters. The molecule has 0 saturated heterocycles. The summed E-state index contributed by atoms with van der Waals surface area (Å²) in [5.74, 6) is 0.559. The first-order valence-electron chi connectivity index (χ1n) is 12.2. The molecule has 2 saturated carbocycles. The number of benzene rings is 1. The third kappa shape index (κ3) is 2.90. The SMILES string of the molecule is CC12CCC3(Cl)C=C4CC(O)CCC4CC[C@]3(O)C1CC=C2c1ccc2cnccc2c1. The molecule has 1 aromatic carbocycles. The summed E-state index contributed by atoms with van der Waals surface area (Å²) < 4.78 is 0. The number of aliphatic hydroxyl groups is 2. The lowest BCUT2D eigenvalue weighted by molar-refractivity contribution is -0.106. The fourth-order valence-electron chi connectivity index (χ4n) is 7.49. The first-order valence-corrected chi connectivity index (χ1v) is 12.6. The normalized spacial score (nSPS) is 41.2. The van der Waals surface area contributed by atoms with E-state index in [1.165, 1.54) is 22.1 Å². The first kappa shape index (κ1) is 20.9. The molecule has 6 rings (SSSR count). The molecule has 4 heteroatoms. The van der Waals surface area contributed by atoms with Crippen molar-refractivity contribution in [3.8, 4) is 0 Å². The second-order valence-corrected chi connectivity index (χ2v) is 11.6. The van der Waals surface area contributed by atoms with Gasteiger partial charge in [0.25, 0.3) is 0 Å². The minimum absolute atomic E-state index is 0.0959. The van der Waals surface area contributed by atoms with Crippen molar-refractivity contribution in [1.82, 2.24) is 4.98 Å². The van der Waals surface area contributed by atoms with Gasteiger partial charge in [0.1, 0.15) is 0 Å². The van der Waals surface area contributed by atoms with E-state index in [-0.39, 0.29) is 17.4 Å². The smallest absolute Gasteiger partial charge is 0.0918 e. The standard InChI is InChI=1S/C28H32ClNO2/c1-26-11-12-27(29)16-22-15-23(31)5-4-18(22)8-10-28(27,32)25(26)7-6-24(26)20-2-3-21-17-30-13-9-19(21)14-20/h2-3,6,9,13-14,16-18,23,25,31-32H,4-5,7-8,10-12,15H2,1H3/t18?,23?,25?,26?,27?,28-/m0/s1. The Kier molecular flexibility index (Phi) is 4.67. The molecular weight excluding hydrogens is 418 g/mol. The minimum Gasteiger partial charge on any atom is -0.393 e. The largest absolute Gasteiger partial charge is 0.393 e. The summed E-state index contributed by atoms with van der Waals surface area (Å²) in [5.41, 5.74) is 2.87. The second kappa shape index (κ2) is 7.16. The average Bonchev–Trinajstić information content (AvgIpc) is 3.09. The summed E-state index contributed by atoms with van der Waals surface area (Å²) in [5, 5.41) is 24.9. The van der Waals surface area contributed by atoms with Crippen molar-refractivity contribution in [2.45, 2.75) is 74.9 Å². The number of hydrogen-bond acceptors (Lipinski definition) is 3. The van der Waals surface area contributed by atoms with Crippen LogP contribution in [0.4, 0.5) is 0 Å². The lowest BCUT2D eigenvalue weighted by Crippen LogP contribution is -2.61. The molecule has 168 valence electrons. The summed E-state index contributed by atoms with van der Waals surface area (Å²) in [6, 6.07) is 8.71. The van der Waals surface area contributed by atoms with Crippen LogP contribution in [0.3, 0.4) is 0 Å². The Balaban J connectivity index is 1.38. The van der Waals surface area contributed by atoms with Gasteiger partial charge in [-0.3, -0.25) is 4.98 Å². The monoisotopic (exact) mass is 449 g/mol. The minimum atomic E-state index is -0.935. The zero-order valence-electron chi connectivity index (χ0n) is 18.7. The highest BCUT2D eigenvalue weighted by Gasteiger charge is 2.64. The molecule has 1 aromatic heterocycles. The number of fused-ring (bicyclic) bond motifs is 5. The first-order chi connectivity index (χ1) is 15.3. The molecule has 0 bridgehead atoms. The molecule has 2 fully saturated rings. The van der Waals surface area contributed by atoms with Gasteiger partial charge in [0, 0.05) is 23.7 Å². The lowest BCUT2D eigenvalue weighted by Gasteiger charge is -2.56. The van der Waals surface area contributed by atoms with Crippen molar-refractivity contribution in [3.63, 3.8) is 0 Å². The van der Waals surface area contributed by atoms with Crippen LogP contribution in [-0.2, 0) is 0 Å². The van der Waals surface area contributed by atoms with E-state index in [9.17, 15) is 10.2 Å². The Morgan fingerprint density at radius 2 is 1.94 bits per heavy atom. The zero-order chi connectivity index (χ0) is 22.1. The van der Waals surface area contributed by atoms with Gasteiger partial charge in [0.05, 0.1) is 16.6 Å². The van der Waals surface area contributed by atoms with Crippen molar-refractivity contribution in [1.29, 1.82) is 0 Å². The maximum atomic E-state index is 12.3. The topological polar surface area (TPSA) is 53.4 Å². The van der Waals surface area contributed by atoms with Crippen molar-refractivity contribution in [2.24, 2.45) is 17.3 Å². The van der Waals surface area contributed by atoms with Crippen LogP contribution in [0.2, 0.25) is 0 Å². The highest BCUT2D eigenvalue weighted by molar-refractivity contribution is 6.26. The van der Waals surface area contributed by atoms with Gasteiger partial charge in [-0.1, -0.05) is 36.8 Å². The summed E-state index contributed by atoms with van der Waals surface area (Å²) in [6.07, 6.45) is 14.9. The fourth-order valence-corrected chi connectivity index (χ4v) is 7.95. The van der Waals surface area contributed by atoms with E-state index in [0.717, 1.165) is 50.3 Å². The number of alkyl halides is 1. The molecule has 0 aliphatic heterocycles. The van der Waals surface area contributed by atoms with Crippen LogP contribution >= 0.6 is 11.6 Å². The molecule has 32 heavy (non-hydrogen) atoms. The van der Waals surface area contributed by atoms with E-state index in [0.29, 0.717) is 12.3 Å². The second-order valence-electron chi connectivity index (χ2n) is 10.9. The third-order valence-electron chi connectivity index (χ3n) is 9.33. The van der Waals surface area contributed by atoms with Gasteiger partial charge in [-0.15, -0.1) is 11.6 Å². The molecule has 6 atom stereocenters. The molecule has 1 heterocycles. The Morgan fingerprint density at radius 1 is 1.06 bits per heavy atom. The van der Waals surface area contributed by atoms with E-state index in [1.54, 1.807) is 0 Å². The van der Waals surface area contributed by atoms with Gasteiger partial charge in [-0.05, 0) is 91.4 Å². The quantitative estimate of drug-likeness (QED) is 0.413. The fraction of sp³-hybridized carbons (Fsp3) is 0.536.